The number of amides is 1. The van der Waals surface area contributed by atoms with Crippen molar-refractivity contribution in [3.8, 4) is 5.75 Å². The molecule has 1 fully saturated rings. The van der Waals surface area contributed by atoms with E-state index >= 15 is 0 Å². The van der Waals surface area contributed by atoms with Crippen molar-refractivity contribution in [3.05, 3.63) is 52.7 Å². The van der Waals surface area contributed by atoms with E-state index in [1.54, 1.807) is 41.2 Å². The van der Waals surface area contributed by atoms with Gasteiger partial charge in [0.25, 0.3) is 5.91 Å². The Morgan fingerprint density at radius 2 is 1.78 bits per heavy atom. The van der Waals surface area contributed by atoms with Gasteiger partial charge in [-0.3, -0.25) is 4.79 Å². The number of ether oxygens (including phenoxy) is 1. The number of anilines is 1. The first-order valence-corrected chi connectivity index (χ1v) is 8.58. The van der Waals surface area contributed by atoms with Crippen LogP contribution in [0.15, 0.2) is 36.5 Å². The Morgan fingerprint density at radius 3 is 2.30 bits per heavy atom. The molecule has 0 unspecified atom stereocenters. The number of carbonyl (C=O) groups excluding carboxylic acids is 1. The lowest BCUT2D eigenvalue weighted by Gasteiger charge is -2.35. The zero-order valence-electron chi connectivity index (χ0n) is 14.5. The molecule has 144 valence electrons. The molecule has 0 spiro atoms. The number of hydrogen-bond donors (Lipinski definition) is 0. The number of alkyl halides is 3. The van der Waals surface area contributed by atoms with Crippen LogP contribution < -0.4 is 9.64 Å². The first-order chi connectivity index (χ1) is 12.8. The Morgan fingerprint density at radius 1 is 1.15 bits per heavy atom. The summed E-state index contributed by atoms with van der Waals surface area (Å²) < 4.78 is 43.3. The molecule has 0 radical (unpaired) electrons. The summed E-state index contributed by atoms with van der Waals surface area (Å²) in [7, 11) is 1.55. The van der Waals surface area contributed by atoms with Gasteiger partial charge in [0, 0.05) is 37.9 Å². The number of piperazine rings is 1. The Hall–Kier alpha value is -2.48. The van der Waals surface area contributed by atoms with Crippen LogP contribution in [0.2, 0.25) is 5.02 Å². The van der Waals surface area contributed by atoms with E-state index in [0.29, 0.717) is 43.3 Å². The molecular formula is C18H17ClF3N3O2. The van der Waals surface area contributed by atoms with Gasteiger partial charge in [-0.1, -0.05) is 11.6 Å². The van der Waals surface area contributed by atoms with Gasteiger partial charge in [-0.15, -0.1) is 0 Å². The molecule has 1 aromatic heterocycles. The molecule has 1 aliphatic heterocycles. The van der Waals surface area contributed by atoms with Gasteiger partial charge in [-0.2, -0.15) is 13.2 Å². The first kappa shape index (κ1) is 19.3. The fraction of sp³-hybridized carbons (Fsp3) is 0.333. The zero-order valence-corrected chi connectivity index (χ0v) is 15.2. The maximum absolute atomic E-state index is 12.7. The van der Waals surface area contributed by atoms with Crippen molar-refractivity contribution in [3.63, 3.8) is 0 Å². The van der Waals surface area contributed by atoms with E-state index in [1.165, 1.54) is 0 Å². The summed E-state index contributed by atoms with van der Waals surface area (Å²) in [6.45, 7) is 1.70. The second-order valence-corrected chi connectivity index (χ2v) is 6.44. The van der Waals surface area contributed by atoms with Crippen LogP contribution in [0.25, 0.3) is 0 Å². The van der Waals surface area contributed by atoms with Gasteiger partial charge < -0.3 is 14.5 Å². The van der Waals surface area contributed by atoms with Gasteiger partial charge in [-0.05, 0) is 30.3 Å². The smallest absolute Gasteiger partial charge is 0.417 e. The van der Waals surface area contributed by atoms with E-state index < -0.39 is 11.7 Å². The highest BCUT2D eigenvalue weighted by Gasteiger charge is 2.32. The summed E-state index contributed by atoms with van der Waals surface area (Å²) in [6.07, 6.45) is -3.71. The molecule has 0 saturated carbocycles. The minimum atomic E-state index is -4.49. The quantitative estimate of drug-likeness (QED) is 0.789. The summed E-state index contributed by atoms with van der Waals surface area (Å²) in [5, 5.41) is -0.0558. The normalized spacial score (nSPS) is 15.0. The van der Waals surface area contributed by atoms with Crippen LogP contribution in [-0.4, -0.2) is 49.1 Å². The fourth-order valence-electron chi connectivity index (χ4n) is 2.86. The third-order valence-corrected chi connectivity index (χ3v) is 4.63. The highest BCUT2D eigenvalue weighted by atomic mass is 35.5. The lowest BCUT2D eigenvalue weighted by atomic mass is 10.1. The van der Waals surface area contributed by atoms with Crippen molar-refractivity contribution in [2.24, 2.45) is 0 Å². The Bertz CT molecular complexity index is 820. The van der Waals surface area contributed by atoms with E-state index in [4.69, 9.17) is 16.3 Å². The number of aromatic nitrogens is 1. The number of carbonyl (C=O) groups is 1. The summed E-state index contributed by atoms with van der Waals surface area (Å²) in [4.78, 5) is 19.9. The second-order valence-electron chi connectivity index (χ2n) is 6.03. The molecule has 1 saturated heterocycles. The van der Waals surface area contributed by atoms with Crippen LogP contribution >= 0.6 is 11.6 Å². The van der Waals surface area contributed by atoms with Crippen molar-refractivity contribution in [2.75, 3.05) is 38.2 Å². The Labute approximate surface area is 159 Å². The van der Waals surface area contributed by atoms with E-state index in [9.17, 15) is 18.0 Å². The largest absolute Gasteiger partial charge is 0.497 e. The van der Waals surface area contributed by atoms with Crippen molar-refractivity contribution >= 4 is 23.3 Å². The number of rotatable bonds is 3. The highest BCUT2D eigenvalue weighted by molar-refractivity contribution is 6.33. The molecule has 2 heterocycles. The van der Waals surface area contributed by atoms with Crippen molar-refractivity contribution in [2.45, 2.75) is 6.18 Å². The van der Waals surface area contributed by atoms with E-state index in [-0.39, 0.29) is 10.9 Å². The summed E-state index contributed by atoms with van der Waals surface area (Å²) >= 11 is 6.00. The molecule has 2 aromatic rings. The van der Waals surface area contributed by atoms with Crippen molar-refractivity contribution < 1.29 is 22.7 Å². The molecule has 9 heteroatoms. The third-order valence-electron chi connectivity index (χ3n) is 4.35. The lowest BCUT2D eigenvalue weighted by Crippen LogP contribution is -2.49. The van der Waals surface area contributed by atoms with E-state index in [0.717, 1.165) is 12.3 Å². The van der Waals surface area contributed by atoms with Gasteiger partial charge >= 0.3 is 6.18 Å². The molecule has 1 aliphatic rings. The number of benzene rings is 1. The standard InChI is InChI=1S/C18H17ClF3N3O2/c1-27-14-4-2-12(3-5-14)17(26)25-8-6-24(7-9-25)16-15(19)10-13(11-23-16)18(20,21)22/h2-5,10-11H,6-9H2,1H3. The highest BCUT2D eigenvalue weighted by Crippen LogP contribution is 2.33. The third kappa shape index (κ3) is 4.27. The number of hydrogen-bond acceptors (Lipinski definition) is 4. The Kier molecular flexibility index (Phi) is 5.46. The molecular weight excluding hydrogens is 383 g/mol. The molecule has 0 N–H and O–H groups in total. The second kappa shape index (κ2) is 7.64. The monoisotopic (exact) mass is 399 g/mol. The minimum Gasteiger partial charge on any atom is -0.497 e. The average Bonchev–Trinajstić information content (AvgIpc) is 2.67. The summed E-state index contributed by atoms with van der Waals surface area (Å²) in [5.74, 6) is 0.851. The van der Waals surface area contributed by atoms with Crippen LogP contribution in [0.1, 0.15) is 15.9 Å². The fourth-order valence-corrected chi connectivity index (χ4v) is 3.14. The maximum atomic E-state index is 12.7. The first-order valence-electron chi connectivity index (χ1n) is 8.20. The molecule has 3 rings (SSSR count). The van der Waals surface area contributed by atoms with Gasteiger partial charge in [0.2, 0.25) is 0 Å². The van der Waals surface area contributed by atoms with E-state index in [2.05, 4.69) is 4.98 Å². The summed E-state index contributed by atoms with van der Waals surface area (Å²) in [6, 6.07) is 7.70. The predicted molar refractivity (Wildman–Crippen MR) is 95.4 cm³/mol. The minimum absolute atomic E-state index is 0.0558. The average molecular weight is 400 g/mol. The van der Waals surface area contributed by atoms with Crippen LogP contribution in [0.4, 0.5) is 19.0 Å². The Balaban J connectivity index is 1.65. The van der Waals surface area contributed by atoms with Crippen molar-refractivity contribution in [1.82, 2.24) is 9.88 Å². The number of halogens is 4. The van der Waals surface area contributed by atoms with Crippen molar-refractivity contribution in [1.29, 1.82) is 0 Å². The topological polar surface area (TPSA) is 45.7 Å². The number of methoxy groups -OCH3 is 1. The molecule has 0 bridgehead atoms. The van der Waals surface area contributed by atoms with E-state index in [1.807, 2.05) is 0 Å². The SMILES string of the molecule is COc1ccc(C(=O)N2CCN(c3ncc(C(F)(F)F)cc3Cl)CC2)cc1. The van der Waals surface area contributed by atoms with Gasteiger partial charge in [-0.25, -0.2) is 4.98 Å². The number of nitrogens with zero attached hydrogens (tertiary/aromatic N) is 3. The van der Waals surface area contributed by atoms with Gasteiger partial charge in [0.05, 0.1) is 17.7 Å². The van der Waals surface area contributed by atoms with Gasteiger partial charge in [0.15, 0.2) is 0 Å². The van der Waals surface area contributed by atoms with Crippen LogP contribution in [0, 0.1) is 0 Å². The molecule has 27 heavy (non-hydrogen) atoms. The molecule has 1 amide bonds. The molecule has 0 aliphatic carbocycles. The molecule has 5 nitrogen and oxygen atoms in total. The molecule has 0 atom stereocenters. The summed E-state index contributed by atoms with van der Waals surface area (Å²) in [5.41, 5.74) is -0.334. The zero-order chi connectivity index (χ0) is 19.6. The predicted octanol–water partition coefficient (Wildman–Crippen LogP) is 3.72. The van der Waals surface area contributed by atoms with Crippen LogP contribution in [-0.2, 0) is 6.18 Å². The van der Waals surface area contributed by atoms with Crippen LogP contribution in [0.5, 0.6) is 5.75 Å². The van der Waals surface area contributed by atoms with Gasteiger partial charge in [0.1, 0.15) is 11.6 Å². The number of pyridine rings is 1. The lowest BCUT2D eigenvalue weighted by molar-refractivity contribution is -0.137. The molecule has 1 aromatic carbocycles. The maximum Gasteiger partial charge on any atom is 0.417 e. The van der Waals surface area contributed by atoms with Crippen LogP contribution in [0.3, 0.4) is 0 Å².